The summed E-state index contributed by atoms with van der Waals surface area (Å²) in [7, 11) is 0. The van der Waals surface area contributed by atoms with E-state index in [1.807, 2.05) is 30.5 Å². The standard InChI is InChI=1S/C19H22N2O2/c22-16-9-14(10-16)18(21-19(23)12-5-3-6-12)15-8-13-4-1-2-7-17(13)20-11-15/h1-2,4,7-8,11-12,14,16,18,22H,3,5-6,9-10H2,(H,21,23)/t14?,16?,18-/m1/s1. The zero-order chi connectivity index (χ0) is 15.8. The first-order chi connectivity index (χ1) is 11.2. The first-order valence-electron chi connectivity index (χ1n) is 8.54. The molecule has 0 aliphatic heterocycles. The van der Waals surface area contributed by atoms with Gasteiger partial charge in [-0.2, -0.15) is 0 Å². The Labute approximate surface area is 135 Å². The Balaban J connectivity index is 1.61. The van der Waals surface area contributed by atoms with Crippen molar-refractivity contribution in [3.8, 4) is 0 Å². The topological polar surface area (TPSA) is 62.2 Å². The Bertz CT molecular complexity index is 720. The van der Waals surface area contributed by atoms with Crippen LogP contribution in [0, 0.1) is 11.8 Å². The Morgan fingerprint density at radius 3 is 2.74 bits per heavy atom. The van der Waals surface area contributed by atoms with Crippen LogP contribution in [0.15, 0.2) is 36.5 Å². The second-order valence-corrected chi connectivity index (χ2v) is 6.96. The number of hydrogen-bond acceptors (Lipinski definition) is 3. The molecule has 0 unspecified atom stereocenters. The van der Waals surface area contributed by atoms with Crippen LogP contribution in [0.3, 0.4) is 0 Å². The number of nitrogens with one attached hydrogen (secondary N) is 1. The molecule has 2 aliphatic carbocycles. The Morgan fingerprint density at radius 1 is 1.26 bits per heavy atom. The van der Waals surface area contributed by atoms with Gasteiger partial charge in [-0.15, -0.1) is 0 Å². The molecule has 0 spiro atoms. The van der Waals surface area contributed by atoms with Crippen LogP contribution < -0.4 is 5.32 Å². The van der Waals surface area contributed by atoms with Gasteiger partial charge in [0.1, 0.15) is 0 Å². The maximum atomic E-state index is 12.4. The minimum atomic E-state index is -0.225. The molecule has 4 heteroatoms. The summed E-state index contributed by atoms with van der Waals surface area (Å²) < 4.78 is 0. The van der Waals surface area contributed by atoms with E-state index in [1.165, 1.54) is 0 Å². The van der Waals surface area contributed by atoms with Crippen molar-refractivity contribution in [2.24, 2.45) is 11.8 Å². The molecular weight excluding hydrogens is 288 g/mol. The van der Waals surface area contributed by atoms with E-state index < -0.39 is 0 Å². The second-order valence-electron chi connectivity index (χ2n) is 6.96. The largest absolute Gasteiger partial charge is 0.393 e. The van der Waals surface area contributed by atoms with Gasteiger partial charge in [0.25, 0.3) is 0 Å². The first kappa shape index (κ1) is 14.6. The van der Waals surface area contributed by atoms with E-state index in [2.05, 4.69) is 16.4 Å². The van der Waals surface area contributed by atoms with Gasteiger partial charge >= 0.3 is 0 Å². The average molecular weight is 310 g/mol. The minimum Gasteiger partial charge on any atom is -0.393 e. The van der Waals surface area contributed by atoms with Crippen LogP contribution in [0.4, 0.5) is 0 Å². The van der Waals surface area contributed by atoms with Crippen molar-refractivity contribution in [2.75, 3.05) is 0 Å². The first-order valence-corrected chi connectivity index (χ1v) is 8.54. The van der Waals surface area contributed by atoms with Crippen LogP contribution in [0.2, 0.25) is 0 Å². The summed E-state index contributed by atoms with van der Waals surface area (Å²) in [6.45, 7) is 0. The molecule has 1 aromatic heterocycles. The van der Waals surface area contributed by atoms with Crippen molar-refractivity contribution < 1.29 is 9.90 Å². The van der Waals surface area contributed by atoms with Crippen molar-refractivity contribution in [2.45, 2.75) is 44.2 Å². The van der Waals surface area contributed by atoms with Crippen LogP contribution >= 0.6 is 0 Å². The highest BCUT2D eigenvalue weighted by Gasteiger charge is 2.37. The van der Waals surface area contributed by atoms with Gasteiger partial charge in [0.05, 0.1) is 17.7 Å². The van der Waals surface area contributed by atoms with Crippen LogP contribution in [-0.2, 0) is 4.79 Å². The van der Waals surface area contributed by atoms with E-state index in [0.717, 1.165) is 48.6 Å². The SMILES string of the molecule is O=C(N[C@@H](c1cnc2ccccc2c1)C1CC(O)C1)C1CCC1. The van der Waals surface area contributed by atoms with Crippen molar-refractivity contribution in [1.29, 1.82) is 0 Å². The molecule has 2 aliphatic rings. The Morgan fingerprint density at radius 2 is 2.04 bits per heavy atom. The van der Waals surface area contributed by atoms with E-state index in [4.69, 9.17) is 0 Å². The number of carbonyl (C=O) groups is 1. The number of hydrogen-bond donors (Lipinski definition) is 2. The monoisotopic (exact) mass is 310 g/mol. The molecule has 2 aromatic rings. The number of nitrogens with zero attached hydrogens (tertiary/aromatic N) is 1. The van der Waals surface area contributed by atoms with E-state index >= 15 is 0 Å². The van der Waals surface area contributed by atoms with Crippen molar-refractivity contribution in [3.05, 3.63) is 42.1 Å². The number of aliphatic hydroxyl groups excluding tert-OH is 1. The van der Waals surface area contributed by atoms with E-state index in [9.17, 15) is 9.90 Å². The summed E-state index contributed by atoms with van der Waals surface area (Å²) in [6.07, 6.45) is 6.31. The second kappa shape index (κ2) is 5.93. The molecule has 1 aromatic carbocycles. The molecule has 23 heavy (non-hydrogen) atoms. The molecule has 0 radical (unpaired) electrons. The molecule has 1 atom stereocenters. The van der Waals surface area contributed by atoms with E-state index in [-0.39, 0.29) is 24.0 Å². The molecule has 1 heterocycles. The number of carbonyl (C=O) groups excluding carboxylic acids is 1. The normalized spacial score (nSPS) is 25.4. The number of aliphatic hydroxyl groups is 1. The van der Waals surface area contributed by atoms with Gasteiger partial charge in [-0.3, -0.25) is 9.78 Å². The zero-order valence-corrected chi connectivity index (χ0v) is 13.1. The van der Waals surface area contributed by atoms with E-state index in [0.29, 0.717) is 5.92 Å². The summed E-state index contributed by atoms with van der Waals surface area (Å²) in [5.41, 5.74) is 2.02. The highest BCUT2D eigenvalue weighted by atomic mass is 16.3. The van der Waals surface area contributed by atoms with Gasteiger partial charge in [-0.1, -0.05) is 24.6 Å². The number of fused-ring (bicyclic) bond motifs is 1. The summed E-state index contributed by atoms with van der Waals surface area (Å²) in [5.74, 6) is 0.642. The number of pyridine rings is 1. The Kier molecular flexibility index (Phi) is 3.77. The molecule has 0 saturated heterocycles. The highest BCUT2D eigenvalue weighted by molar-refractivity contribution is 5.81. The molecule has 0 bridgehead atoms. The molecule has 120 valence electrons. The highest BCUT2D eigenvalue weighted by Crippen LogP contribution is 2.39. The van der Waals surface area contributed by atoms with Crippen LogP contribution in [-0.4, -0.2) is 22.1 Å². The summed E-state index contributed by atoms with van der Waals surface area (Å²) in [6, 6.07) is 10.1. The van der Waals surface area contributed by atoms with Gasteiger partial charge in [-0.25, -0.2) is 0 Å². The fourth-order valence-electron chi connectivity index (χ4n) is 3.58. The third kappa shape index (κ3) is 2.83. The zero-order valence-electron chi connectivity index (χ0n) is 13.1. The quantitative estimate of drug-likeness (QED) is 0.912. The van der Waals surface area contributed by atoms with Gasteiger partial charge in [0.2, 0.25) is 5.91 Å². The lowest BCUT2D eigenvalue weighted by molar-refractivity contribution is -0.129. The van der Waals surface area contributed by atoms with Crippen LogP contribution in [0.5, 0.6) is 0 Å². The molecule has 2 fully saturated rings. The van der Waals surface area contributed by atoms with Gasteiger partial charge < -0.3 is 10.4 Å². The summed E-state index contributed by atoms with van der Waals surface area (Å²) in [4.78, 5) is 16.9. The lowest BCUT2D eigenvalue weighted by Crippen LogP contribution is -2.44. The Hall–Kier alpha value is -1.94. The number of amides is 1. The number of benzene rings is 1. The smallest absolute Gasteiger partial charge is 0.223 e. The fourth-order valence-corrected chi connectivity index (χ4v) is 3.58. The third-order valence-corrected chi connectivity index (χ3v) is 5.37. The predicted octanol–water partition coefficient (Wildman–Crippen LogP) is 2.96. The van der Waals surface area contributed by atoms with Crippen LogP contribution in [0.1, 0.15) is 43.7 Å². The average Bonchev–Trinajstić information content (AvgIpc) is 2.47. The lowest BCUT2D eigenvalue weighted by Gasteiger charge is -2.39. The van der Waals surface area contributed by atoms with E-state index in [1.54, 1.807) is 0 Å². The summed E-state index contributed by atoms with van der Waals surface area (Å²) >= 11 is 0. The van der Waals surface area contributed by atoms with Crippen molar-refractivity contribution >= 4 is 16.8 Å². The van der Waals surface area contributed by atoms with Crippen molar-refractivity contribution in [1.82, 2.24) is 10.3 Å². The predicted molar refractivity (Wildman–Crippen MR) is 88.7 cm³/mol. The maximum Gasteiger partial charge on any atom is 0.223 e. The summed E-state index contributed by atoms with van der Waals surface area (Å²) in [5, 5.41) is 14.0. The molecule has 1 amide bonds. The lowest BCUT2D eigenvalue weighted by atomic mass is 9.74. The minimum absolute atomic E-state index is 0.0383. The van der Waals surface area contributed by atoms with Gasteiger partial charge in [0, 0.05) is 17.5 Å². The number of para-hydroxylation sites is 1. The third-order valence-electron chi connectivity index (χ3n) is 5.37. The molecule has 4 rings (SSSR count). The fraction of sp³-hybridized carbons (Fsp3) is 0.474. The van der Waals surface area contributed by atoms with Gasteiger partial charge in [-0.05, 0) is 49.3 Å². The molecule has 2 N–H and O–H groups in total. The molecule has 4 nitrogen and oxygen atoms in total. The van der Waals surface area contributed by atoms with Gasteiger partial charge in [0.15, 0.2) is 0 Å². The maximum absolute atomic E-state index is 12.4. The number of aromatic nitrogens is 1. The van der Waals surface area contributed by atoms with Crippen LogP contribution in [0.25, 0.3) is 10.9 Å². The molecule has 2 saturated carbocycles. The van der Waals surface area contributed by atoms with Crippen molar-refractivity contribution in [3.63, 3.8) is 0 Å². The number of rotatable bonds is 4. The molecular formula is C19H22N2O2.